The van der Waals surface area contributed by atoms with Crippen LogP contribution in [-0.2, 0) is 23.9 Å². The van der Waals surface area contributed by atoms with E-state index in [1.165, 1.54) is 32.7 Å². The molecule has 3 rings (SSSR count). The monoisotopic (exact) mass is 469 g/mol. The van der Waals surface area contributed by atoms with Crippen LogP contribution in [0.1, 0.15) is 19.9 Å². The van der Waals surface area contributed by atoms with E-state index in [9.17, 15) is 34.4 Å². The number of fused-ring (bicyclic) bond motifs is 1. The number of ether oxygens (including phenoxy) is 2. The standard InChI is InChI=1S/C17H19N5O9S/c1-7(20-4-10(22(28)29)14(19-20)30-3)13(24)18-11-15(25)21-12(17(26)27)9(5-31-8(2)23)6-32-16(11)21/h4,7,11,16H,5-6H2,1-3H3,(H,18,24)(H,26,27). The maximum absolute atomic E-state index is 12.7. The second-order valence-electron chi connectivity index (χ2n) is 6.87. The molecule has 3 atom stereocenters. The van der Waals surface area contributed by atoms with E-state index in [-0.39, 0.29) is 29.5 Å². The van der Waals surface area contributed by atoms with Gasteiger partial charge in [-0.3, -0.25) is 29.4 Å². The van der Waals surface area contributed by atoms with E-state index in [4.69, 9.17) is 9.47 Å². The lowest BCUT2D eigenvalue weighted by Gasteiger charge is -2.49. The number of hydrogen-bond acceptors (Lipinski definition) is 10. The molecule has 1 saturated heterocycles. The molecule has 0 spiro atoms. The first-order chi connectivity index (χ1) is 15.1. The summed E-state index contributed by atoms with van der Waals surface area (Å²) in [5.74, 6) is -3.29. The number of thioether (sulfide) groups is 1. The zero-order valence-electron chi connectivity index (χ0n) is 17.1. The van der Waals surface area contributed by atoms with Gasteiger partial charge in [-0.1, -0.05) is 0 Å². The first-order valence-electron chi connectivity index (χ1n) is 9.18. The van der Waals surface area contributed by atoms with Crippen LogP contribution in [0.2, 0.25) is 0 Å². The third-order valence-electron chi connectivity index (χ3n) is 4.84. The number of β-lactam (4-membered cyclic amide) rings is 1. The molecule has 1 fully saturated rings. The molecule has 14 nitrogen and oxygen atoms in total. The number of nitro groups is 1. The molecule has 2 amide bonds. The summed E-state index contributed by atoms with van der Waals surface area (Å²) in [7, 11) is 1.20. The van der Waals surface area contributed by atoms with Crippen LogP contribution < -0.4 is 10.1 Å². The van der Waals surface area contributed by atoms with Crippen molar-refractivity contribution in [2.75, 3.05) is 19.5 Å². The van der Waals surface area contributed by atoms with Gasteiger partial charge in [0.15, 0.2) is 0 Å². The number of carbonyl (C=O) groups excluding carboxylic acids is 3. The topological polar surface area (TPSA) is 183 Å². The summed E-state index contributed by atoms with van der Waals surface area (Å²) in [6, 6.07) is -2.01. The molecule has 3 heterocycles. The fourth-order valence-electron chi connectivity index (χ4n) is 3.21. The lowest BCUT2D eigenvalue weighted by atomic mass is 10.0. The third-order valence-corrected chi connectivity index (χ3v) is 6.18. The van der Waals surface area contributed by atoms with Crippen LogP contribution in [0.4, 0.5) is 5.69 Å². The molecule has 2 N–H and O–H groups in total. The number of nitrogens with one attached hydrogen (secondary N) is 1. The number of nitrogens with zero attached hydrogens (tertiary/aromatic N) is 4. The summed E-state index contributed by atoms with van der Waals surface area (Å²) in [5.41, 5.74) is -0.417. The van der Waals surface area contributed by atoms with Crippen molar-refractivity contribution < 1.29 is 38.7 Å². The minimum Gasteiger partial charge on any atom is -0.477 e. The number of aliphatic carboxylic acids is 1. The van der Waals surface area contributed by atoms with E-state index in [2.05, 4.69) is 10.4 Å². The Labute approximate surface area is 184 Å². The fraction of sp³-hybridized carbons (Fsp3) is 0.471. The molecule has 2 aliphatic rings. The van der Waals surface area contributed by atoms with E-state index >= 15 is 0 Å². The number of carboxylic acids is 1. The Morgan fingerprint density at radius 1 is 1.47 bits per heavy atom. The summed E-state index contributed by atoms with van der Waals surface area (Å²) in [4.78, 5) is 59.5. The number of amides is 2. The Kier molecular flexibility index (Phi) is 6.38. The van der Waals surface area contributed by atoms with Crippen molar-refractivity contribution in [2.24, 2.45) is 0 Å². The van der Waals surface area contributed by atoms with Gasteiger partial charge in [-0.2, -0.15) is 0 Å². The van der Waals surface area contributed by atoms with Gasteiger partial charge in [-0.05, 0) is 6.92 Å². The average Bonchev–Trinajstić information content (AvgIpc) is 3.19. The van der Waals surface area contributed by atoms with Crippen LogP contribution in [0, 0.1) is 10.1 Å². The molecule has 1 aromatic heterocycles. The van der Waals surface area contributed by atoms with Gasteiger partial charge in [-0.15, -0.1) is 16.9 Å². The van der Waals surface area contributed by atoms with Crippen LogP contribution in [0.15, 0.2) is 17.5 Å². The van der Waals surface area contributed by atoms with Gasteiger partial charge in [0.2, 0.25) is 5.91 Å². The van der Waals surface area contributed by atoms with Crippen LogP contribution in [0.3, 0.4) is 0 Å². The Hall–Kier alpha value is -3.62. The first kappa shape index (κ1) is 23.1. The van der Waals surface area contributed by atoms with Crippen molar-refractivity contribution in [3.05, 3.63) is 27.6 Å². The summed E-state index contributed by atoms with van der Waals surface area (Å²) < 4.78 is 10.7. The third kappa shape index (κ3) is 4.10. The van der Waals surface area contributed by atoms with Gasteiger partial charge in [-0.25, -0.2) is 9.48 Å². The lowest BCUT2D eigenvalue weighted by Crippen LogP contribution is -2.71. The van der Waals surface area contributed by atoms with Crippen LogP contribution in [-0.4, -0.2) is 79.3 Å². The van der Waals surface area contributed by atoms with Crippen LogP contribution in [0.5, 0.6) is 5.88 Å². The first-order valence-corrected chi connectivity index (χ1v) is 10.2. The zero-order valence-corrected chi connectivity index (χ0v) is 18.0. The molecule has 15 heteroatoms. The number of rotatable bonds is 8. The number of aromatic nitrogens is 2. The number of carboxylic acid groups (broad SMARTS) is 1. The van der Waals surface area contributed by atoms with Crippen molar-refractivity contribution in [2.45, 2.75) is 31.3 Å². The summed E-state index contributed by atoms with van der Waals surface area (Å²) in [6.07, 6.45) is 1.04. The molecule has 172 valence electrons. The van der Waals surface area contributed by atoms with Gasteiger partial charge in [0, 0.05) is 18.2 Å². The van der Waals surface area contributed by atoms with E-state index in [1.54, 1.807) is 0 Å². The molecule has 2 aliphatic heterocycles. The summed E-state index contributed by atoms with van der Waals surface area (Å²) in [6.45, 7) is 2.36. The van der Waals surface area contributed by atoms with Gasteiger partial charge < -0.3 is 19.9 Å². The summed E-state index contributed by atoms with van der Waals surface area (Å²) >= 11 is 1.22. The Bertz CT molecular complexity index is 1040. The number of esters is 1. The molecule has 32 heavy (non-hydrogen) atoms. The van der Waals surface area contributed by atoms with Gasteiger partial charge in [0.05, 0.1) is 12.0 Å². The highest BCUT2D eigenvalue weighted by Crippen LogP contribution is 2.40. The maximum Gasteiger partial charge on any atom is 0.352 e. The Morgan fingerprint density at radius 2 is 2.16 bits per heavy atom. The molecule has 0 bridgehead atoms. The molecule has 0 aromatic carbocycles. The highest BCUT2D eigenvalue weighted by molar-refractivity contribution is 8.00. The van der Waals surface area contributed by atoms with E-state index < -0.39 is 51.8 Å². The Morgan fingerprint density at radius 3 is 2.69 bits per heavy atom. The number of carbonyl (C=O) groups is 4. The number of methoxy groups -OCH3 is 1. The lowest BCUT2D eigenvalue weighted by molar-refractivity contribution is -0.385. The predicted molar refractivity (Wildman–Crippen MR) is 106 cm³/mol. The molecule has 0 aliphatic carbocycles. The number of hydrogen-bond donors (Lipinski definition) is 2. The van der Waals surface area contributed by atoms with E-state index in [0.29, 0.717) is 0 Å². The molecular weight excluding hydrogens is 450 g/mol. The normalized spacial score (nSPS) is 20.7. The van der Waals surface area contributed by atoms with E-state index in [1.807, 2.05) is 0 Å². The van der Waals surface area contributed by atoms with Gasteiger partial charge >= 0.3 is 23.5 Å². The molecule has 0 saturated carbocycles. The SMILES string of the molecule is COc1nn(C(C)C(=O)NC2C(=O)N3C(C(=O)O)=C(COC(C)=O)CSC23)cc1[N+](=O)[O-]. The average molecular weight is 469 g/mol. The highest BCUT2D eigenvalue weighted by Gasteiger charge is 2.54. The zero-order chi connectivity index (χ0) is 23.7. The molecular formula is C17H19N5O9S. The highest BCUT2D eigenvalue weighted by atomic mass is 32.2. The minimum absolute atomic E-state index is 0.188. The molecule has 0 radical (unpaired) electrons. The second kappa shape index (κ2) is 8.86. The predicted octanol–water partition coefficient (Wildman–Crippen LogP) is -0.337. The second-order valence-corrected chi connectivity index (χ2v) is 7.98. The van der Waals surface area contributed by atoms with Crippen molar-refractivity contribution >= 4 is 41.2 Å². The van der Waals surface area contributed by atoms with Crippen molar-refractivity contribution in [3.63, 3.8) is 0 Å². The fourth-order valence-corrected chi connectivity index (χ4v) is 4.54. The largest absolute Gasteiger partial charge is 0.477 e. The van der Waals surface area contributed by atoms with E-state index in [0.717, 1.165) is 15.8 Å². The Balaban J connectivity index is 1.73. The summed E-state index contributed by atoms with van der Waals surface area (Å²) in [5, 5.41) is 26.4. The molecule has 3 unspecified atom stereocenters. The maximum atomic E-state index is 12.7. The van der Waals surface area contributed by atoms with Crippen LogP contribution in [0.25, 0.3) is 0 Å². The van der Waals surface area contributed by atoms with Gasteiger partial charge in [0.25, 0.3) is 5.91 Å². The minimum atomic E-state index is -1.35. The smallest absolute Gasteiger partial charge is 0.352 e. The van der Waals surface area contributed by atoms with Crippen molar-refractivity contribution in [3.8, 4) is 5.88 Å². The van der Waals surface area contributed by atoms with Crippen LogP contribution >= 0.6 is 11.8 Å². The van der Waals surface area contributed by atoms with Crippen molar-refractivity contribution in [1.82, 2.24) is 20.0 Å². The molecule has 1 aromatic rings. The van der Waals surface area contributed by atoms with Crippen molar-refractivity contribution in [1.29, 1.82) is 0 Å². The quantitative estimate of drug-likeness (QED) is 0.220. The van der Waals surface area contributed by atoms with Gasteiger partial charge in [0.1, 0.15) is 36.0 Å².